The normalized spacial score (nSPS) is 22.4. The number of hydrogen-bond donors (Lipinski definition) is 2. The van der Waals surface area contributed by atoms with Crippen LogP contribution in [0.1, 0.15) is 72.6 Å². The second-order valence-electron chi connectivity index (χ2n) is 8.28. The molecule has 128 valence electrons. The molecule has 2 aliphatic rings. The number of amides is 1. The lowest BCUT2D eigenvalue weighted by molar-refractivity contribution is 0.0517. The van der Waals surface area contributed by atoms with Gasteiger partial charge in [-0.3, -0.25) is 0 Å². The molecule has 2 aliphatic carbocycles. The Balaban J connectivity index is 1.79. The minimum atomic E-state index is -0.431. The van der Waals surface area contributed by atoms with Crippen LogP contribution in [0.2, 0.25) is 0 Å². The van der Waals surface area contributed by atoms with Crippen LogP contribution in [0.3, 0.4) is 0 Å². The molecule has 0 bridgehead atoms. The lowest BCUT2D eigenvalue weighted by atomic mass is 9.96. The van der Waals surface area contributed by atoms with Crippen molar-refractivity contribution in [2.24, 2.45) is 11.8 Å². The van der Waals surface area contributed by atoms with E-state index in [0.717, 1.165) is 5.92 Å². The third-order valence-electron chi connectivity index (χ3n) is 4.72. The van der Waals surface area contributed by atoms with E-state index in [-0.39, 0.29) is 6.09 Å². The van der Waals surface area contributed by atoms with Crippen molar-refractivity contribution in [2.45, 2.75) is 90.3 Å². The Morgan fingerprint density at radius 1 is 1.18 bits per heavy atom. The number of carbonyl (C=O) groups excluding carboxylic acids is 1. The number of nitrogens with one attached hydrogen (secondary N) is 2. The molecule has 2 saturated carbocycles. The van der Waals surface area contributed by atoms with Gasteiger partial charge in [-0.2, -0.15) is 0 Å². The summed E-state index contributed by atoms with van der Waals surface area (Å²) in [6.45, 7) is 8.66. The minimum Gasteiger partial charge on any atom is -0.444 e. The van der Waals surface area contributed by atoms with Gasteiger partial charge in [0.25, 0.3) is 0 Å². The molecule has 2 unspecified atom stereocenters. The molecule has 0 aromatic heterocycles. The fraction of sp³-hybridized carbons (Fsp3) is 0.944. The zero-order valence-corrected chi connectivity index (χ0v) is 14.8. The fourth-order valence-electron chi connectivity index (χ4n) is 3.52. The van der Waals surface area contributed by atoms with E-state index < -0.39 is 5.60 Å². The number of ether oxygens (including phenoxy) is 1. The molecule has 2 fully saturated rings. The Morgan fingerprint density at radius 3 is 2.36 bits per heavy atom. The smallest absolute Gasteiger partial charge is 0.407 e. The van der Waals surface area contributed by atoms with Crippen molar-refractivity contribution in [3.63, 3.8) is 0 Å². The summed E-state index contributed by atoms with van der Waals surface area (Å²) in [6, 6.07) is 0.919. The van der Waals surface area contributed by atoms with Gasteiger partial charge in [0.15, 0.2) is 0 Å². The molecule has 0 heterocycles. The molecular formula is C18H34N2O2. The Labute approximate surface area is 135 Å². The molecule has 4 nitrogen and oxygen atoms in total. The van der Waals surface area contributed by atoms with Crippen LogP contribution in [0.5, 0.6) is 0 Å². The maximum absolute atomic E-state index is 11.9. The van der Waals surface area contributed by atoms with E-state index in [4.69, 9.17) is 4.74 Å². The SMILES string of the molecule is CC(CC1CC1)NC(CNC(=O)OC(C)(C)C)C1CCCC1. The van der Waals surface area contributed by atoms with Gasteiger partial charge < -0.3 is 15.4 Å². The van der Waals surface area contributed by atoms with Gasteiger partial charge in [-0.05, 0) is 58.8 Å². The van der Waals surface area contributed by atoms with Crippen molar-refractivity contribution in [1.82, 2.24) is 10.6 Å². The van der Waals surface area contributed by atoms with Gasteiger partial charge in [-0.1, -0.05) is 25.7 Å². The standard InChI is InChI=1S/C18H34N2O2/c1-13(11-14-9-10-14)20-16(15-7-5-6-8-15)12-19-17(21)22-18(2,3)4/h13-16,20H,5-12H2,1-4H3,(H,19,21). The number of alkyl carbamates (subject to hydrolysis) is 1. The van der Waals surface area contributed by atoms with E-state index in [1.165, 1.54) is 44.9 Å². The van der Waals surface area contributed by atoms with E-state index in [0.29, 0.717) is 24.5 Å². The number of hydrogen-bond acceptors (Lipinski definition) is 3. The molecule has 2 rings (SSSR count). The number of carbonyl (C=O) groups is 1. The molecule has 0 saturated heterocycles. The summed E-state index contributed by atoms with van der Waals surface area (Å²) in [5.74, 6) is 1.63. The first-order chi connectivity index (χ1) is 10.3. The van der Waals surface area contributed by atoms with Crippen LogP contribution in [0, 0.1) is 11.8 Å². The Kier molecular flexibility index (Phi) is 6.13. The van der Waals surface area contributed by atoms with E-state index in [2.05, 4.69) is 17.6 Å². The van der Waals surface area contributed by atoms with Crippen LogP contribution < -0.4 is 10.6 Å². The lowest BCUT2D eigenvalue weighted by Crippen LogP contribution is -2.49. The molecule has 0 radical (unpaired) electrons. The molecule has 22 heavy (non-hydrogen) atoms. The molecule has 4 heteroatoms. The fourth-order valence-corrected chi connectivity index (χ4v) is 3.52. The largest absolute Gasteiger partial charge is 0.444 e. The Morgan fingerprint density at radius 2 is 1.82 bits per heavy atom. The van der Waals surface area contributed by atoms with Crippen molar-refractivity contribution in [3.8, 4) is 0 Å². The van der Waals surface area contributed by atoms with Crippen molar-refractivity contribution < 1.29 is 9.53 Å². The van der Waals surface area contributed by atoms with Gasteiger partial charge in [0, 0.05) is 18.6 Å². The quantitative estimate of drug-likeness (QED) is 0.751. The maximum atomic E-state index is 11.9. The van der Waals surface area contributed by atoms with Crippen molar-refractivity contribution in [1.29, 1.82) is 0 Å². The highest BCUT2D eigenvalue weighted by molar-refractivity contribution is 5.67. The molecule has 0 aliphatic heterocycles. The summed E-state index contributed by atoms with van der Waals surface area (Å²) in [5, 5.41) is 6.75. The van der Waals surface area contributed by atoms with Gasteiger partial charge in [0.05, 0.1) is 0 Å². The minimum absolute atomic E-state index is 0.299. The van der Waals surface area contributed by atoms with E-state index in [9.17, 15) is 4.79 Å². The lowest BCUT2D eigenvalue weighted by Gasteiger charge is -2.29. The van der Waals surface area contributed by atoms with Crippen LogP contribution in [-0.4, -0.2) is 30.3 Å². The topological polar surface area (TPSA) is 50.4 Å². The highest BCUT2D eigenvalue weighted by Gasteiger charge is 2.29. The predicted molar refractivity (Wildman–Crippen MR) is 89.9 cm³/mol. The van der Waals surface area contributed by atoms with Crippen molar-refractivity contribution in [3.05, 3.63) is 0 Å². The summed E-state index contributed by atoms with van der Waals surface area (Å²) < 4.78 is 5.35. The van der Waals surface area contributed by atoms with Crippen LogP contribution in [-0.2, 0) is 4.74 Å². The highest BCUT2D eigenvalue weighted by Crippen LogP contribution is 2.34. The van der Waals surface area contributed by atoms with Gasteiger partial charge in [-0.15, -0.1) is 0 Å². The first-order valence-corrected chi connectivity index (χ1v) is 9.06. The molecule has 2 N–H and O–H groups in total. The summed E-state index contributed by atoms with van der Waals surface area (Å²) in [7, 11) is 0. The van der Waals surface area contributed by atoms with Crippen LogP contribution in [0.15, 0.2) is 0 Å². The third-order valence-corrected chi connectivity index (χ3v) is 4.72. The third kappa shape index (κ3) is 6.55. The van der Waals surface area contributed by atoms with Gasteiger partial charge in [0.1, 0.15) is 5.60 Å². The van der Waals surface area contributed by atoms with Gasteiger partial charge in [0.2, 0.25) is 0 Å². The highest BCUT2D eigenvalue weighted by atomic mass is 16.6. The van der Waals surface area contributed by atoms with Crippen molar-refractivity contribution >= 4 is 6.09 Å². The Bertz CT molecular complexity index is 355. The van der Waals surface area contributed by atoms with E-state index in [1.807, 2.05) is 20.8 Å². The molecule has 1 amide bonds. The summed E-state index contributed by atoms with van der Waals surface area (Å²) in [5.41, 5.74) is -0.431. The second-order valence-corrected chi connectivity index (χ2v) is 8.28. The van der Waals surface area contributed by atoms with Crippen LogP contribution >= 0.6 is 0 Å². The van der Waals surface area contributed by atoms with Crippen LogP contribution in [0.25, 0.3) is 0 Å². The average Bonchev–Trinajstić information content (AvgIpc) is 3.03. The average molecular weight is 310 g/mol. The Hall–Kier alpha value is -0.770. The van der Waals surface area contributed by atoms with E-state index in [1.54, 1.807) is 0 Å². The zero-order valence-electron chi connectivity index (χ0n) is 14.8. The molecule has 2 atom stereocenters. The van der Waals surface area contributed by atoms with Gasteiger partial charge in [-0.25, -0.2) is 4.79 Å². The monoisotopic (exact) mass is 310 g/mol. The predicted octanol–water partition coefficient (Wildman–Crippen LogP) is 3.85. The molecule has 0 spiro atoms. The summed E-state index contributed by atoms with van der Waals surface area (Å²) in [4.78, 5) is 11.9. The first-order valence-electron chi connectivity index (χ1n) is 9.06. The zero-order chi connectivity index (χ0) is 16.2. The first kappa shape index (κ1) is 17.6. The van der Waals surface area contributed by atoms with Crippen molar-refractivity contribution in [2.75, 3.05) is 6.54 Å². The molecular weight excluding hydrogens is 276 g/mol. The molecule has 0 aromatic rings. The molecule has 0 aromatic carbocycles. The van der Waals surface area contributed by atoms with E-state index >= 15 is 0 Å². The summed E-state index contributed by atoms with van der Waals surface area (Å²) in [6.07, 6.45) is 8.99. The number of rotatable bonds is 7. The summed E-state index contributed by atoms with van der Waals surface area (Å²) >= 11 is 0. The maximum Gasteiger partial charge on any atom is 0.407 e. The van der Waals surface area contributed by atoms with Crippen LogP contribution in [0.4, 0.5) is 4.79 Å². The second kappa shape index (κ2) is 7.67. The van der Waals surface area contributed by atoms with Gasteiger partial charge >= 0.3 is 6.09 Å².